The molecule has 1 saturated heterocycles. The van der Waals surface area contributed by atoms with E-state index >= 15 is 0 Å². The van der Waals surface area contributed by atoms with Crippen LogP contribution in [0.4, 0.5) is 0 Å². The van der Waals surface area contributed by atoms with Crippen LogP contribution in [0.2, 0.25) is 0 Å². The first-order valence-electron chi connectivity index (χ1n) is 10.1. The number of rotatable bonds is 5. The fraction of sp³-hybridized carbons (Fsp3) is 0.636. The van der Waals surface area contributed by atoms with Crippen molar-refractivity contribution in [2.24, 2.45) is 11.3 Å². The number of amides is 1. The van der Waals surface area contributed by atoms with Crippen LogP contribution in [0.15, 0.2) is 30.3 Å². The molecule has 0 radical (unpaired) electrons. The number of nitrogens with zero attached hydrogens (tertiary/aromatic N) is 1. The lowest BCUT2D eigenvalue weighted by molar-refractivity contribution is -0.147. The van der Waals surface area contributed by atoms with Gasteiger partial charge in [-0.1, -0.05) is 56.5 Å². The quantitative estimate of drug-likeness (QED) is 0.847. The van der Waals surface area contributed by atoms with E-state index in [-0.39, 0.29) is 18.2 Å². The molecule has 3 rings (SSSR count). The molecule has 1 N–H and O–H groups in total. The SMILES string of the molecule is CC(c1ccccc1)C(CC(=O)N1CCC2(CCCCC2)CC1)C(=O)O. The molecule has 1 amide bonds. The molecule has 0 bridgehead atoms. The van der Waals surface area contributed by atoms with Gasteiger partial charge in [-0.2, -0.15) is 0 Å². The summed E-state index contributed by atoms with van der Waals surface area (Å²) in [6.07, 6.45) is 8.87. The second-order valence-corrected chi connectivity index (χ2v) is 8.29. The summed E-state index contributed by atoms with van der Waals surface area (Å²) in [5.41, 5.74) is 1.44. The van der Waals surface area contributed by atoms with Gasteiger partial charge in [0.15, 0.2) is 0 Å². The van der Waals surface area contributed by atoms with Gasteiger partial charge in [-0.25, -0.2) is 0 Å². The molecule has 2 fully saturated rings. The van der Waals surface area contributed by atoms with E-state index in [1.54, 1.807) is 0 Å². The number of carboxylic acid groups (broad SMARTS) is 1. The van der Waals surface area contributed by atoms with Crippen molar-refractivity contribution in [2.45, 2.75) is 64.2 Å². The zero-order valence-electron chi connectivity index (χ0n) is 15.8. The molecule has 4 nitrogen and oxygen atoms in total. The van der Waals surface area contributed by atoms with Crippen molar-refractivity contribution in [1.82, 2.24) is 4.90 Å². The molecule has 1 spiro atoms. The lowest BCUT2D eigenvalue weighted by atomic mass is 9.68. The second-order valence-electron chi connectivity index (χ2n) is 8.29. The molecule has 1 aliphatic heterocycles. The van der Waals surface area contributed by atoms with Crippen molar-refractivity contribution < 1.29 is 14.7 Å². The highest BCUT2D eigenvalue weighted by molar-refractivity contribution is 5.83. The number of piperidine rings is 1. The zero-order valence-corrected chi connectivity index (χ0v) is 15.8. The molecule has 1 aromatic rings. The first-order valence-corrected chi connectivity index (χ1v) is 10.1. The molecule has 1 saturated carbocycles. The predicted octanol–water partition coefficient (Wildman–Crippen LogP) is 4.45. The van der Waals surface area contributed by atoms with Gasteiger partial charge >= 0.3 is 5.97 Å². The van der Waals surface area contributed by atoms with Crippen molar-refractivity contribution in [1.29, 1.82) is 0 Å². The normalized spacial score (nSPS) is 22.0. The average Bonchev–Trinajstić information content (AvgIpc) is 2.67. The van der Waals surface area contributed by atoms with Crippen LogP contribution in [0.1, 0.15) is 69.8 Å². The highest BCUT2D eigenvalue weighted by atomic mass is 16.4. The van der Waals surface area contributed by atoms with Crippen LogP contribution in [0, 0.1) is 11.3 Å². The van der Waals surface area contributed by atoms with E-state index in [2.05, 4.69) is 0 Å². The maximum Gasteiger partial charge on any atom is 0.307 e. The van der Waals surface area contributed by atoms with Gasteiger partial charge < -0.3 is 10.0 Å². The fourth-order valence-electron chi connectivity index (χ4n) is 4.82. The van der Waals surface area contributed by atoms with Crippen molar-refractivity contribution >= 4 is 11.9 Å². The minimum atomic E-state index is -0.879. The third-order valence-electron chi connectivity index (χ3n) is 6.73. The van der Waals surface area contributed by atoms with Crippen molar-refractivity contribution in [2.75, 3.05) is 13.1 Å². The molecule has 2 aliphatic rings. The molecule has 4 heteroatoms. The highest BCUT2D eigenvalue weighted by Crippen LogP contribution is 2.44. The zero-order chi connectivity index (χ0) is 18.6. The average molecular weight is 357 g/mol. The van der Waals surface area contributed by atoms with E-state index in [4.69, 9.17) is 0 Å². The maximum atomic E-state index is 12.8. The van der Waals surface area contributed by atoms with Crippen molar-refractivity contribution in [3.05, 3.63) is 35.9 Å². The Morgan fingerprint density at radius 3 is 2.23 bits per heavy atom. The third kappa shape index (κ3) is 4.28. The Morgan fingerprint density at radius 2 is 1.65 bits per heavy atom. The summed E-state index contributed by atoms with van der Waals surface area (Å²) in [6.45, 7) is 3.50. The van der Waals surface area contributed by atoms with Crippen LogP contribution >= 0.6 is 0 Å². The number of aliphatic carboxylic acids is 1. The summed E-state index contributed by atoms with van der Waals surface area (Å²) < 4.78 is 0. The van der Waals surface area contributed by atoms with E-state index in [1.165, 1.54) is 32.1 Å². The summed E-state index contributed by atoms with van der Waals surface area (Å²) in [7, 11) is 0. The highest BCUT2D eigenvalue weighted by Gasteiger charge is 2.38. The molecule has 2 unspecified atom stereocenters. The minimum Gasteiger partial charge on any atom is -0.481 e. The molecule has 142 valence electrons. The molecule has 1 aliphatic carbocycles. The Kier molecular flexibility index (Phi) is 6.00. The molecule has 26 heavy (non-hydrogen) atoms. The number of likely N-dealkylation sites (tertiary alicyclic amines) is 1. The lowest BCUT2D eigenvalue weighted by Crippen LogP contribution is -2.45. The van der Waals surface area contributed by atoms with Gasteiger partial charge in [0.25, 0.3) is 0 Å². The van der Waals surface area contributed by atoms with Gasteiger partial charge in [-0.15, -0.1) is 0 Å². The number of benzene rings is 1. The molecule has 1 heterocycles. The number of hydrogen-bond acceptors (Lipinski definition) is 2. The minimum absolute atomic E-state index is 0.00541. The summed E-state index contributed by atoms with van der Waals surface area (Å²) in [6, 6.07) is 9.64. The van der Waals surface area contributed by atoms with Gasteiger partial charge in [-0.05, 0) is 42.6 Å². The first kappa shape index (κ1) is 18.9. The number of hydrogen-bond donors (Lipinski definition) is 1. The summed E-state index contributed by atoms with van der Waals surface area (Å²) in [5.74, 6) is -1.72. The summed E-state index contributed by atoms with van der Waals surface area (Å²) >= 11 is 0. The van der Waals surface area contributed by atoms with E-state index in [1.807, 2.05) is 42.2 Å². The largest absolute Gasteiger partial charge is 0.481 e. The van der Waals surface area contributed by atoms with Crippen LogP contribution in [0.25, 0.3) is 0 Å². The molecular weight excluding hydrogens is 326 g/mol. The topological polar surface area (TPSA) is 57.6 Å². The standard InChI is InChI=1S/C22H31NO3/c1-17(18-8-4-2-5-9-18)19(21(25)26)16-20(24)23-14-12-22(13-15-23)10-6-3-7-11-22/h2,4-5,8-9,17,19H,3,6-7,10-16H2,1H3,(H,25,26). The predicted molar refractivity (Wildman–Crippen MR) is 102 cm³/mol. The van der Waals surface area contributed by atoms with E-state index < -0.39 is 11.9 Å². The summed E-state index contributed by atoms with van der Waals surface area (Å²) in [4.78, 5) is 26.5. The van der Waals surface area contributed by atoms with E-state index in [0.29, 0.717) is 5.41 Å². The van der Waals surface area contributed by atoms with Crippen LogP contribution < -0.4 is 0 Å². The van der Waals surface area contributed by atoms with E-state index in [0.717, 1.165) is 31.5 Å². The number of carbonyl (C=O) groups is 2. The fourth-order valence-corrected chi connectivity index (χ4v) is 4.82. The van der Waals surface area contributed by atoms with Crippen molar-refractivity contribution in [3.63, 3.8) is 0 Å². The van der Waals surface area contributed by atoms with E-state index in [9.17, 15) is 14.7 Å². The van der Waals surface area contributed by atoms with Gasteiger partial charge in [0.1, 0.15) is 0 Å². The Hall–Kier alpha value is -1.84. The molecule has 2 atom stereocenters. The monoisotopic (exact) mass is 357 g/mol. The Morgan fingerprint density at radius 1 is 1.04 bits per heavy atom. The van der Waals surface area contributed by atoms with Gasteiger partial charge in [0, 0.05) is 19.5 Å². The molecule has 1 aromatic carbocycles. The third-order valence-corrected chi connectivity index (χ3v) is 6.73. The smallest absolute Gasteiger partial charge is 0.307 e. The van der Waals surface area contributed by atoms with Crippen LogP contribution in [-0.2, 0) is 9.59 Å². The van der Waals surface area contributed by atoms with Gasteiger partial charge in [0.2, 0.25) is 5.91 Å². The Balaban J connectivity index is 1.59. The van der Waals surface area contributed by atoms with Crippen LogP contribution in [0.5, 0.6) is 0 Å². The number of carbonyl (C=O) groups excluding carboxylic acids is 1. The first-order chi connectivity index (χ1) is 12.5. The van der Waals surface area contributed by atoms with Gasteiger partial charge in [0.05, 0.1) is 5.92 Å². The Bertz CT molecular complexity index is 612. The lowest BCUT2D eigenvalue weighted by Gasteiger charge is -2.44. The summed E-state index contributed by atoms with van der Waals surface area (Å²) in [5, 5.41) is 9.68. The number of carboxylic acids is 1. The van der Waals surface area contributed by atoms with Crippen LogP contribution in [0.3, 0.4) is 0 Å². The van der Waals surface area contributed by atoms with Gasteiger partial charge in [-0.3, -0.25) is 9.59 Å². The van der Waals surface area contributed by atoms with Crippen molar-refractivity contribution in [3.8, 4) is 0 Å². The maximum absolute atomic E-state index is 12.8. The van der Waals surface area contributed by atoms with Crippen LogP contribution in [-0.4, -0.2) is 35.0 Å². The second kappa shape index (κ2) is 8.24. The Labute approximate surface area is 156 Å². The molecule has 0 aromatic heterocycles. The molecular formula is C22H31NO3.